The number of aliphatic hydroxyl groups is 1. The van der Waals surface area contributed by atoms with Gasteiger partial charge in [0.15, 0.2) is 11.2 Å². The van der Waals surface area contributed by atoms with Crippen molar-refractivity contribution < 1.29 is 9.52 Å². The fraction of sp³-hybridized carbons (Fsp3) is 0.133. The fourth-order valence-electron chi connectivity index (χ4n) is 2.00. The lowest BCUT2D eigenvalue weighted by Crippen LogP contribution is -2.23. The molecular formula is C15H12ClNO2. The Bertz CT molecular complexity index is 701. The molecule has 4 heteroatoms. The molecule has 0 saturated heterocycles. The Morgan fingerprint density at radius 2 is 1.95 bits per heavy atom. The second-order valence-corrected chi connectivity index (χ2v) is 5.01. The molecule has 1 atom stereocenters. The first-order valence-electron chi connectivity index (χ1n) is 5.92. The smallest absolute Gasteiger partial charge is 0.231 e. The van der Waals surface area contributed by atoms with E-state index in [4.69, 9.17) is 16.0 Å². The highest BCUT2D eigenvalue weighted by molar-refractivity contribution is 6.30. The van der Waals surface area contributed by atoms with E-state index in [1.54, 1.807) is 31.2 Å². The third-order valence-electron chi connectivity index (χ3n) is 3.10. The minimum atomic E-state index is -1.32. The summed E-state index contributed by atoms with van der Waals surface area (Å²) in [6, 6.07) is 14.4. The van der Waals surface area contributed by atoms with Crippen LogP contribution in [0.3, 0.4) is 0 Å². The number of benzene rings is 2. The van der Waals surface area contributed by atoms with Crippen molar-refractivity contribution >= 4 is 22.7 Å². The predicted molar refractivity (Wildman–Crippen MR) is 74.1 cm³/mol. The monoisotopic (exact) mass is 273 g/mol. The minimum Gasteiger partial charge on any atom is -0.437 e. The molecule has 0 aliphatic rings. The van der Waals surface area contributed by atoms with Gasteiger partial charge in [0.05, 0.1) is 0 Å². The topological polar surface area (TPSA) is 46.3 Å². The Morgan fingerprint density at radius 3 is 2.68 bits per heavy atom. The van der Waals surface area contributed by atoms with Crippen molar-refractivity contribution in [2.45, 2.75) is 12.5 Å². The molecule has 0 spiro atoms. The van der Waals surface area contributed by atoms with Gasteiger partial charge in [0.25, 0.3) is 0 Å². The zero-order valence-corrected chi connectivity index (χ0v) is 11.1. The number of halogens is 1. The Hall–Kier alpha value is -1.84. The van der Waals surface area contributed by atoms with Crippen molar-refractivity contribution in [1.82, 2.24) is 4.98 Å². The van der Waals surface area contributed by atoms with Crippen LogP contribution in [-0.4, -0.2) is 10.1 Å². The molecule has 3 rings (SSSR count). The van der Waals surface area contributed by atoms with Gasteiger partial charge in [0.2, 0.25) is 5.89 Å². The molecule has 3 nitrogen and oxygen atoms in total. The van der Waals surface area contributed by atoms with Crippen LogP contribution in [-0.2, 0) is 5.60 Å². The van der Waals surface area contributed by atoms with Crippen LogP contribution < -0.4 is 0 Å². The zero-order chi connectivity index (χ0) is 13.5. The van der Waals surface area contributed by atoms with E-state index in [2.05, 4.69) is 4.98 Å². The highest BCUT2D eigenvalue weighted by atomic mass is 35.5. The summed E-state index contributed by atoms with van der Waals surface area (Å²) in [6.45, 7) is 1.64. The van der Waals surface area contributed by atoms with Gasteiger partial charge in [-0.15, -0.1) is 0 Å². The minimum absolute atomic E-state index is 0.260. The second kappa shape index (κ2) is 4.37. The SMILES string of the molecule is C[C@@](O)(c1cccc(Cl)c1)c1nc2ccccc2o1. The lowest BCUT2D eigenvalue weighted by Gasteiger charge is -2.19. The molecule has 0 aliphatic heterocycles. The normalized spacial score (nSPS) is 14.5. The van der Waals surface area contributed by atoms with Crippen molar-refractivity contribution in [3.8, 4) is 0 Å². The third kappa shape index (κ3) is 2.11. The number of nitrogens with zero attached hydrogens (tertiary/aromatic N) is 1. The van der Waals surface area contributed by atoms with Crippen molar-refractivity contribution in [2.75, 3.05) is 0 Å². The molecule has 0 bridgehead atoms. The van der Waals surface area contributed by atoms with Gasteiger partial charge in [0, 0.05) is 5.02 Å². The summed E-state index contributed by atoms with van der Waals surface area (Å²) in [7, 11) is 0. The number of hydrogen-bond donors (Lipinski definition) is 1. The summed E-state index contributed by atoms with van der Waals surface area (Å²) in [4.78, 5) is 4.33. The average Bonchev–Trinajstić information content (AvgIpc) is 2.83. The molecule has 3 aromatic rings. The molecule has 2 aromatic carbocycles. The molecule has 1 aromatic heterocycles. The maximum absolute atomic E-state index is 10.7. The highest BCUT2D eigenvalue weighted by Crippen LogP contribution is 2.31. The molecular weight excluding hydrogens is 262 g/mol. The Morgan fingerprint density at radius 1 is 1.16 bits per heavy atom. The Balaban J connectivity index is 2.13. The lowest BCUT2D eigenvalue weighted by atomic mass is 9.96. The summed E-state index contributed by atoms with van der Waals surface area (Å²) in [6.07, 6.45) is 0. The number of oxazole rings is 1. The van der Waals surface area contributed by atoms with Crippen LogP contribution in [0.15, 0.2) is 52.9 Å². The van der Waals surface area contributed by atoms with Crippen LogP contribution in [0.4, 0.5) is 0 Å². The molecule has 1 heterocycles. The summed E-state index contributed by atoms with van der Waals surface area (Å²) >= 11 is 5.95. The number of para-hydroxylation sites is 2. The first kappa shape index (κ1) is 12.2. The lowest BCUT2D eigenvalue weighted by molar-refractivity contribution is 0.0727. The Kier molecular flexibility index (Phi) is 2.81. The van der Waals surface area contributed by atoms with Crippen molar-refractivity contribution in [2.24, 2.45) is 0 Å². The number of aromatic nitrogens is 1. The quantitative estimate of drug-likeness (QED) is 0.774. The van der Waals surface area contributed by atoms with Crippen LogP contribution in [0.2, 0.25) is 5.02 Å². The molecule has 0 amide bonds. The highest BCUT2D eigenvalue weighted by Gasteiger charge is 2.31. The van der Waals surface area contributed by atoms with Crippen molar-refractivity contribution in [3.05, 3.63) is 65.0 Å². The molecule has 1 N–H and O–H groups in total. The Labute approximate surface area is 115 Å². The van der Waals surface area contributed by atoms with Crippen LogP contribution in [0.1, 0.15) is 18.4 Å². The van der Waals surface area contributed by atoms with Gasteiger partial charge >= 0.3 is 0 Å². The maximum atomic E-state index is 10.7. The molecule has 96 valence electrons. The summed E-state index contributed by atoms with van der Waals surface area (Å²) in [5.74, 6) is 0.260. The van der Waals surface area contributed by atoms with Crippen LogP contribution in [0, 0.1) is 0 Å². The van der Waals surface area contributed by atoms with E-state index in [1.807, 2.05) is 24.3 Å². The van der Waals surface area contributed by atoms with Crippen LogP contribution >= 0.6 is 11.6 Å². The number of fused-ring (bicyclic) bond motifs is 1. The van der Waals surface area contributed by atoms with Gasteiger partial charge in [-0.05, 0) is 36.8 Å². The van der Waals surface area contributed by atoms with Crippen molar-refractivity contribution in [3.63, 3.8) is 0 Å². The van der Waals surface area contributed by atoms with Gasteiger partial charge in [0.1, 0.15) is 5.52 Å². The molecule has 0 unspecified atom stereocenters. The average molecular weight is 274 g/mol. The van der Waals surface area contributed by atoms with Crippen LogP contribution in [0.5, 0.6) is 0 Å². The summed E-state index contributed by atoms with van der Waals surface area (Å²) in [5, 5.41) is 11.2. The third-order valence-corrected chi connectivity index (χ3v) is 3.33. The fourth-order valence-corrected chi connectivity index (χ4v) is 2.19. The summed E-state index contributed by atoms with van der Waals surface area (Å²) < 4.78 is 5.62. The molecule has 0 aliphatic carbocycles. The number of rotatable bonds is 2. The van der Waals surface area contributed by atoms with Gasteiger partial charge in [-0.2, -0.15) is 0 Å². The zero-order valence-electron chi connectivity index (χ0n) is 10.3. The van der Waals surface area contributed by atoms with E-state index in [1.165, 1.54) is 0 Å². The maximum Gasteiger partial charge on any atom is 0.231 e. The van der Waals surface area contributed by atoms with E-state index in [-0.39, 0.29) is 5.89 Å². The molecule has 0 saturated carbocycles. The predicted octanol–water partition coefficient (Wildman–Crippen LogP) is 3.74. The summed E-state index contributed by atoms with van der Waals surface area (Å²) in [5.41, 5.74) is 0.704. The largest absolute Gasteiger partial charge is 0.437 e. The van der Waals surface area contributed by atoms with E-state index >= 15 is 0 Å². The van der Waals surface area contributed by atoms with Crippen molar-refractivity contribution in [1.29, 1.82) is 0 Å². The molecule has 19 heavy (non-hydrogen) atoms. The van der Waals surface area contributed by atoms with E-state index in [0.29, 0.717) is 16.2 Å². The van der Waals surface area contributed by atoms with Gasteiger partial charge in [-0.1, -0.05) is 35.9 Å². The standard InChI is InChI=1S/C15H12ClNO2/c1-15(18,10-5-4-6-11(16)9-10)14-17-12-7-2-3-8-13(12)19-14/h2-9,18H,1H3/t15-/m1/s1. The second-order valence-electron chi connectivity index (χ2n) is 4.57. The van der Waals surface area contributed by atoms with Crippen LogP contribution in [0.25, 0.3) is 11.1 Å². The van der Waals surface area contributed by atoms with Gasteiger partial charge < -0.3 is 9.52 Å². The van der Waals surface area contributed by atoms with Gasteiger partial charge in [-0.3, -0.25) is 0 Å². The molecule has 0 fully saturated rings. The first-order chi connectivity index (χ1) is 9.07. The first-order valence-corrected chi connectivity index (χ1v) is 6.29. The van der Waals surface area contributed by atoms with E-state index in [0.717, 1.165) is 5.52 Å². The number of hydrogen-bond acceptors (Lipinski definition) is 3. The van der Waals surface area contributed by atoms with E-state index in [9.17, 15) is 5.11 Å². The van der Waals surface area contributed by atoms with Gasteiger partial charge in [-0.25, -0.2) is 4.98 Å². The molecule has 0 radical (unpaired) electrons. The van der Waals surface area contributed by atoms with E-state index < -0.39 is 5.60 Å².